The van der Waals surface area contributed by atoms with Crippen LogP contribution in [0.2, 0.25) is 0 Å². The van der Waals surface area contributed by atoms with Gasteiger partial charge in [0.05, 0.1) is 10.9 Å². The highest BCUT2D eigenvalue weighted by Gasteiger charge is 2.20. The summed E-state index contributed by atoms with van der Waals surface area (Å²) >= 11 is 1.69. The minimum Gasteiger partial charge on any atom is -0.338 e. The van der Waals surface area contributed by atoms with Gasteiger partial charge in [0.15, 0.2) is 11.0 Å². The van der Waals surface area contributed by atoms with Crippen molar-refractivity contribution >= 4 is 11.8 Å². The molecule has 0 N–H and O–H groups in total. The van der Waals surface area contributed by atoms with Gasteiger partial charge in [-0.3, -0.25) is 0 Å². The van der Waals surface area contributed by atoms with E-state index >= 15 is 0 Å². The number of hydrogen-bond donors (Lipinski definition) is 0. The number of unbranched alkanes of at least 4 members (excludes halogenated alkanes) is 1. The quantitative estimate of drug-likeness (QED) is 0.694. The Bertz CT molecular complexity index is 618. The highest BCUT2D eigenvalue weighted by atomic mass is 32.2. The molecule has 22 heavy (non-hydrogen) atoms. The average molecular weight is 322 g/mol. The van der Waals surface area contributed by atoms with E-state index in [2.05, 4.69) is 56.3 Å². The lowest BCUT2D eigenvalue weighted by atomic mass is 10.2. The smallest absolute Gasteiger partial charge is 0.239 e. The molecule has 1 atom stereocenters. The largest absolute Gasteiger partial charge is 0.338 e. The molecule has 0 radical (unpaired) electrons. The molecule has 0 amide bonds. The van der Waals surface area contributed by atoms with Gasteiger partial charge in [-0.1, -0.05) is 44.1 Å². The molecule has 0 aliphatic carbocycles. The molecule has 2 aromatic rings. The Morgan fingerprint density at radius 1 is 1.18 bits per heavy atom. The second kappa shape index (κ2) is 7.31. The van der Waals surface area contributed by atoms with Gasteiger partial charge in [-0.25, -0.2) is 4.98 Å². The van der Waals surface area contributed by atoms with Gasteiger partial charge in [0, 0.05) is 18.2 Å². The van der Waals surface area contributed by atoms with Gasteiger partial charge in [0.25, 0.3) is 0 Å². The third kappa shape index (κ3) is 3.72. The molecule has 2 rings (SSSR count). The first-order valence-corrected chi connectivity index (χ1v) is 8.85. The van der Waals surface area contributed by atoms with Crippen molar-refractivity contribution in [2.45, 2.75) is 77.3 Å². The molecular weight excluding hydrogens is 296 g/mol. The molecule has 1 unspecified atom stereocenters. The summed E-state index contributed by atoms with van der Waals surface area (Å²) in [5.74, 6) is 1.73. The lowest BCUT2D eigenvalue weighted by molar-refractivity contribution is 0.372. The zero-order chi connectivity index (χ0) is 16.3. The van der Waals surface area contributed by atoms with Crippen LogP contribution in [0.1, 0.15) is 74.8 Å². The van der Waals surface area contributed by atoms with Crippen LogP contribution in [0.15, 0.2) is 9.68 Å². The first kappa shape index (κ1) is 17.1. The van der Waals surface area contributed by atoms with Gasteiger partial charge >= 0.3 is 0 Å². The molecular formula is C16H26N4OS. The van der Waals surface area contributed by atoms with Crippen LogP contribution in [0.5, 0.6) is 0 Å². The highest BCUT2D eigenvalue weighted by molar-refractivity contribution is 7.99. The van der Waals surface area contributed by atoms with E-state index in [0.29, 0.717) is 5.89 Å². The minimum atomic E-state index is 0.0987. The third-order valence-electron chi connectivity index (χ3n) is 3.76. The van der Waals surface area contributed by atoms with Crippen molar-refractivity contribution in [3.63, 3.8) is 0 Å². The van der Waals surface area contributed by atoms with Gasteiger partial charge in [-0.15, -0.1) is 0 Å². The van der Waals surface area contributed by atoms with Crippen LogP contribution in [0.4, 0.5) is 0 Å². The van der Waals surface area contributed by atoms with Crippen molar-refractivity contribution in [2.24, 2.45) is 0 Å². The van der Waals surface area contributed by atoms with E-state index in [4.69, 9.17) is 9.51 Å². The molecule has 6 heteroatoms. The summed E-state index contributed by atoms with van der Waals surface area (Å²) in [7, 11) is 0. The fraction of sp³-hybridized carbons (Fsp3) is 0.688. The standard InChI is InChI=1S/C16H26N4OS/c1-7-8-9-20-12(5)11(4)17-16(20)22-13(6)15-18-14(10(2)3)19-21-15/h10,13H,7-9H2,1-6H3. The van der Waals surface area contributed by atoms with Gasteiger partial charge in [0.1, 0.15) is 0 Å². The predicted molar refractivity (Wildman–Crippen MR) is 89.3 cm³/mol. The Kier molecular flexibility index (Phi) is 5.67. The Balaban J connectivity index is 2.16. The monoisotopic (exact) mass is 322 g/mol. The fourth-order valence-electron chi connectivity index (χ4n) is 2.15. The zero-order valence-electron chi connectivity index (χ0n) is 14.4. The number of thioether (sulfide) groups is 1. The van der Waals surface area contributed by atoms with Gasteiger partial charge in [0.2, 0.25) is 5.89 Å². The van der Waals surface area contributed by atoms with Crippen LogP contribution >= 0.6 is 11.8 Å². The Hall–Kier alpha value is -1.30. The summed E-state index contributed by atoms with van der Waals surface area (Å²) < 4.78 is 7.70. The fourth-order valence-corrected chi connectivity index (χ4v) is 3.21. The van der Waals surface area contributed by atoms with Crippen molar-refractivity contribution in [1.29, 1.82) is 0 Å². The van der Waals surface area contributed by atoms with Gasteiger partial charge in [-0.05, 0) is 27.2 Å². The zero-order valence-corrected chi connectivity index (χ0v) is 15.2. The number of rotatable bonds is 7. The van der Waals surface area contributed by atoms with E-state index in [9.17, 15) is 0 Å². The predicted octanol–water partition coefficient (Wildman–Crippen LogP) is 4.66. The molecule has 0 aliphatic heterocycles. The van der Waals surface area contributed by atoms with Crippen LogP contribution in [0.3, 0.4) is 0 Å². The minimum absolute atomic E-state index is 0.0987. The Morgan fingerprint density at radius 3 is 2.50 bits per heavy atom. The number of hydrogen-bond acceptors (Lipinski definition) is 5. The molecule has 0 saturated heterocycles. The molecule has 0 aromatic carbocycles. The number of imidazole rings is 1. The summed E-state index contributed by atoms with van der Waals surface area (Å²) in [6.45, 7) is 13.6. The maximum Gasteiger partial charge on any atom is 0.239 e. The van der Waals surface area contributed by atoms with Crippen molar-refractivity contribution in [3.05, 3.63) is 23.1 Å². The number of aryl methyl sites for hydroxylation is 1. The summed E-state index contributed by atoms with van der Waals surface area (Å²) in [4.78, 5) is 9.20. The van der Waals surface area contributed by atoms with E-state index < -0.39 is 0 Å². The van der Waals surface area contributed by atoms with E-state index in [1.807, 2.05) is 0 Å². The van der Waals surface area contributed by atoms with Crippen LogP contribution in [0.25, 0.3) is 0 Å². The molecule has 0 aliphatic rings. The number of nitrogens with zero attached hydrogens (tertiary/aromatic N) is 4. The lowest BCUT2D eigenvalue weighted by Crippen LogP contribution is -2.03. The second-order valence-corrected chi connectivity index (χ2v) is 7.28. The molecule has 5 nitrogen and oxygen atoms in total. The van der Waals surface area contributed by atoms with Crippen LogP contribution in [0, 0.1) is 13.8 Å². The second-order valence-electron chi connectivity index (χ2n) is 5.98. The summed E-state index contributed by atoms with van der Waals surface area (Å²) in [5.41, 5.74) is 2.34. The Labute approximate surface area is 136 Å². The molecule has 2 heterocycles. The summed E-state index contributed by atoms with van der Waals surface area (Å²) in [6, 6.07) is 0. The normalized spacial score (nSPS) is 13.0. The molecule has 2 aromatic heterocycles. The molecule has 0 fully saturated rings. The maximum atomic E-state index is 5.40. The van der Waals surface area contributed by atoms with Crippen molar-refractivity contribution < 1.29 is 4.52 Å². The van der Waals surface area contributed by atoms with Crippen molar-refractivity contribution in [1.82, 2.24) is 19.7 Å². The van der Waals surface area contributed by atoms with Crippen LogP contribution in [-0.4, -0.2) is 19.7 Å². The van der Waals surface area contributed by atoms with Crippen LogP contribution < -0.4 is 0 Å². The first-order chi connectivity index (χ1) is 10.4. The van der Waals surface area contributed by atoms with E-state index in [-0.39, 0.29) is 11.2 Å². The first-order valence-electron chi connectivity index (χ1n) is 7.97. The van der Waals surface area contributed by atoms with E-state index in [1.54, 1.807) is 11.8 Å². The van der Waals surface area contributed by atoms with E-state index in [1.165, 1.54) is 12.1 Å². The SMILES string of the molecule is CCCCn1c(SC(C)c2nc(C(C)C)no2)nc(C)c1C. The lowest BCUT2D eigenvalue weighted by Gasteiger charge is -2.11. The van der Waals surface area contributed by atoms with Gasteiger partial charge in [-0.2, -0.15) is 4.98 Å². The summed E-state index contributed by atoms with van der Waals surface area (Å²) in [5, 5.41) is 5.19. The number of aromatic nitrogens is 4. The van der Waals surface area contributed by atoms with E-state index in [0.717, 1.165) is 29.6 Å². The van der Waals surface area contributed by atoms with Crippen molar-refractivity contribution in [2.75, 3.05) is 0 Å². The molecule has 122 valence electrons. The topological polar surface area (TPSA) is 56.7 Å². The molecule has 0 saturated carbocycles. The van der Waals surface area contributed by atoms with Crippen molar-refractivity contribution in [3.8, 4) is 0 Å². The van der Waals surface area contributed by atoms with Gasteiger partial charge < -0.3 is 9.09 Å². The molecule has 0 bridgehead atoms. The van der Waals surface area contributed by atoms with Crippen LogP contribution in [-0.2, 0) is 6.54 Å². The third-order valence-corrected chi connectivity index (χ3v) is 4.84. The maximum absolute atomic E-state index is 5.40. The molecule has 0 spiro atoms. The Morgan fingerprint density at radius 2 is 1.91 bits per heavy atom. The highest BCUT2D eigenvalue weighted by Crippen LogP contribution is 2.34. The average Bonchev–Trinajstić information content (AvgIpc) is 3.05. The summed E-state index contributed by atoms with van der Waals surface area (Å²) in [6.07, 6.45) is 2.34.